The van der Waals surface area contributed by atoms with E-state index in [1.54, 1.807) is 6.26 Å². The highest BCUT2D eigenvalue weighted by molar-refractivity contribution is 5.15. The van der Waals surface area contributed by atoms with Crippen molar-refractivity contribution < 1.29 is 4.42 Å². The third-order valence-electron chi connectivity index (χ3n) is 3.74. The van der Waals surface area contributed by atoms with E-state index in [2.05, 4.69) is 30.3 Å². The molecule has 0 aliphatic carbocycles. The Hall–Kier alpha value is -0.800. The Kier molecular flexibility index (Phi) is 3.89. The fourth-order valence-corrected chi connectivity index (χ4v) is 2.83. The van der Waals surface area contributed by atoms with Gasteiger partial charge in [-0.05, 0) is 44.8 Å². The van der Waals surface area contributed by atoms with E-state index in [0.29, 0.717) is 5.41 Å². The molecule has 96 valence electrons. The van der Waals surface area contributed by atoms with Gasteiger partial charge in [0.05, 0.1) is 6.26 Å². The second kappa shape index (κ2) is 5.23. The molecule has 2 rings (SSSR count). The van der Waals surface area contributed by atoms with Crippen molar-refractivity contribution >= 4 is 0 Å². The second-order valence-electron chi connectivity index (χ2n) is 5.77. The number of nitrogens with one attached hydrogen (secondary N) is 1. The minimum Gasteiger partial charge on any atom is -0.469 e. The van der Waals surface area contributed by atoms with E-state index in [1.807, 2.05) is 6.92 Å². The molecule has 1 aromatic heterocycles. The summed E-state index contributed by atoms with van der Waals surface area (Å²) in [5.74, 6) is 1.05. The predicted octanol–water partition coefficient (Wildman–Crippen LogP) is 2.41. The van der Waals surface area contributed by atoms with Gasteiger partial charge in [-0.25, -0.2) is 0 Å². The zero-order chi connectivity index (χ0) is 12.3. The molecule has 1 atom stereocenters. The molecule has 3 heteroatoms. The largest absolute Gasteiger partial charge is 0.469 e. The van der Waals surface area contributed by atoms with Gasteiger partial charge < -0.3 is 14.6 Å². The van der Waals surface area contributed by atoms with Crippen LogP contribution in [-0.4, -0.2) is 31.6 Å². The van der Waals surface area contributed by atoms with Crippen LogP contribution in [0.5, 0.6) is 0 Å². The van der Waals surface area contributed by atoms with Crippen LogP contribution < -0.4 is 5.32 Å². The number of piperidine rings is 1. The van der Waals surface area contributed by atoms with E-state index in [4.69, 9.17) is 4.42 Å². The summed E-state index contributed by atoms with van der Waals surface area (Å²) < 4.78 is 5.34. The number of nitrogens with zero attached hydrogens (tertiary/aromatic N) is 1. The smallest absolute Gasteiger partial charge is 0.105 e. The maximum absolute atomic E-state index is 5.34. The number of hydrogen-bond acceptors (Lipinski definition) is 3. The normalized spacial score (nSPS) is 25.4. The molecular formula is C14H24N2O. The lowest BCUT2D eigenvalue weighted by atomic mass is 9.82. The summed E-state index contributed by atoms with van der Waals surface area (Å²) in [5, 5.41) is 3.51. The predicted molar refractivity (Wildman–Crippen MR) is 70.0 cm³/mol. The summed E-state index contributed by atoms with van der Waals surface area (Å²) >= 11 is 0. The quantitative estimate of drug-likeness (QED) is 0.870. The molecule has 1 saturated heterocycles. The van der Waals surface area contributed by atoms with Crippen LogP contribution in [-0.2, 0) is 6.54 Å². The van der Waals surface area contributed by atoms with E-state index in [-0.39, 0.29) is 0 Å². The summed E-state index contributed by atoms with van der Waals surface area (Å²) in [6.45, 7) is 8.87. The monoisotopic (exact) mass is 236 g/mol. The Balaban J connectivity index is 1.88. The maximum atomic E-state index is 5.34. The van der Waals surface area contributed by atoms with Crippen LogP contribution in [0.1, 0.15) is 31.1 Å². The van der Waals surface area contributed by atoms with E-state index in [9.17, 15) is 0 Å². The van der Waals surface area contributed by atoms with Crippen LogP contribution >= 0.6 is 0 Å². The van der Waals surface area contributed by atoms with E-state index >= 15 is 0 Å². The molecule has 3 nitrogen and oxygen atoms in total. The molecule has 0 aromatic carbocycles. The van der Waals surface area contributed by atoms with Crippen molar-refractivity contribution in [2.45, 2.75) is 33.2 Å². The molecule has 0 radical (unpaired) electrons. The fraction of sp³-hybridized carbons (Fsp3) is 0.714. The first-order valence-corrected chi connectivity index (χ1v) is 6.51. The highest BCUT2D eigenvalue weighted by atomic mass is 16.3. The molecule has 0 spiro atoms. The molecule has 0 amide bonds. The lowest BCUT2D eigenvalue weighted by Crippen LogP contribution is -2.44. The van der Waals surface area contributed by atoms with Crippen LogP contribution in [0.25, 0.3) is 0 Å². The first kappa shape index (κ1) is 12.7. The highest BCUT2D eigenvalue weighted by Gasteiger charge is 2.28. The summed E-state index contributed by atoms with van der Waals surface area (Å²) in [6, 6.07) is 2.08. The van der Waals surface area contributed by atoms with Gasteiger partial charge in [0, 0.05) is 25.2 Å². The van der Waals surface area contributed by atoms with E-state index in [0.717, 1.165) is 25.4 Å². The molecule has 0 bridgehead atoms. The van der Waals surface area contributed by atoms with Crippen LogP contribution in [0, 0.1) is 12.3 Å². The van der Waals surface area contributed by atoms with Gasteiger partial charge in [0.25, 0.3) is 0 Å². The van der Waals surface area contributed by atoms with Gasteiger partial charge in [-0.2, -0.15) is 0 Å². The molecule has 1 aliphatic heterocycles. The lowest BCUT2D eigenvalue weighted by molar-refractivity contribution is 0.148. The van der Waals surface area contributed by atoms with Crippen LogP contribution in [0.2, 0.25) is 0 Å². The van der Waals surface area contributed by atoms with Gasteiger partial charge in [-0.15, -0.1) is 0 Å². The van der Waals surface area contributed by atoms with E-state index < -0.39 is 0 Å². The molecule has 1 fully saturated rings. The summed E-state index contributed by atoms with van der Waals surface area (Å²) in [5.41, 5.74) is 1.73. The molecule has 1 N–H and O–H groups in total. The van der Waals surface area contributed by atoms with Gasteiger partial charge in [-0.1, -0.05) is 6.92 Å². The molecular weight excluding hydrogens is 212 g/mol. The van der Waals surface area contributed by atoms with Crippen molar-refractivity contribution in [3.63, 3.8) is 0 Å². The first-order chi connectivity index (χ1) is 8.09. The number of hydrogen-bond donors (Lipinski definition) is 1. The molecule has 17 heavy (non-hydrogen) atoms. The Morgan fingerprint density at radius 2 is 2.35 bits per heavy atom. The SMILES string of the molecule is Cc1occc1CN(C)CC1(C)CCCNC1. The first-order valence-electron chi connectivity index (χ1n) is 6.51. The van der Waals surface area contributed by atoms with Crippen LogP contribution in [0.4, 0.5) is 0 Å². The van der Waals surface area contributed by atoms with Crippen LogP contribution in [0.3, 0.4) is 0 Å². The number of rotatable bonds is 4. The molecule has 1 aromatic rings. The zero-order valence-electron chi connectivity index (χ0n) is 11.3. The average Bonchev–Trinajstić information content (AvgIpc) is 2.64. The van der Waals surface area contributed by atoms with Crippen molar-refractivity contribution in [2.75, 3.05) is 26.7 Å². The van der Waals surface area contributed by atoms with Crippen molar-refractivity contribution in [3.05, 3.63) is 23.7 Å². The third kappa shape index (κ3) is 3.33. The number of aryl methyl sites for hydroxylation is 1. The van der Waals surface area contributed by atoms with Crippen molar-refractivity contribution in [3.8, 4) is 0 Å². The highest BCUT2D eigenvalue weighted by Crippen LogP contribution is 2.26. The standard InChI is InChI=1S/C14H24N2O/c1-12-13(5-8-17-12)9-16(3)11-14(2)6-4-7-15-10-14/h5,8,15H,4,6-7,9-11H2,1-3H3. The summed E-state index contributed by atoms with van der Waals surface area (Å²) in [6.07, 6.45) is 4.41. The van der Waals surface area contributed by atoms with Crippen LogP contribution in [0.15, 0.2) is 16.7 Å². The minimum atomic E-state index is 0.421. The van der Waals surface area contributed by atoms with Gasteiger partial charge >= 0.3 is 0 Å². The Labute approximate surface area is 104 Å². The molecule has 1 aliphatic rings. The van der Waals surface area contributed by atoms with Crippen molar-refractivity contribution in [1.82, 2.24) is 10.2 Å². The molecule has 1 unspecified atom stereocenters. The lowest BCUT2D eigenvalue weighted by Gasteiger charge is -2.37. The fourth-order valence-electron chi connectivity index (χ4n) is 2.83. The summed E-state index contributed by atoms with van der Waals surface area (Å²) in [4.78, 5) is 2.41. The average molecular weight is 236 g/mol. The van der Waals surface area contributed by atoms with Crippen molar-refractivity contribution in [1.29, 1.82) is 0 Å². The topological polar surface area (TPSA) is 28.4 Å². The second-order valence-corrected chi connectivity index (χ2v) is 5.77. The molecule has 0 saturated carbocycles. The Morgan fingerprint density at radius 3 is 2.94 bits per heavy atom. The van der Waals surface area contributed by atoms with Gasteiger partial charge in [0.1, 0.15) is 5.76 Å². The van der Waals surface area contributed by atoms with E-state index in [1.165, 1.54) is 24.9 Å². The van der Waals surface area contributed by atoms with Crippen molar-refractivity contribution in [2.24, 2.45) is 5.41 Å². The van der Waals surface area contributed by atoms with Gasteiger partial charge in [0.2, 0.25) is 0 Å². The number of furan rings is 1. The zero-order valence-corrected chi connectivity index (χ0v) is 11.3. The Morgan fingerprint density at radius 1 is 1.53 bits per heavy atom. The summed E-state index contributed by atoms with van der Waals surface area (Å²) in [7, 11) is 2.20. The third-order valence-corrected chi connectivity index (χ3v) is 3.74. The minimum absolute atomic E-state index is 0.421. The Bertz CT molecular complexity index is 353. The van der Waals surface area contributed by atoms with Gasteiger partial charge in [0.15, 0.2) is 0 Å². The molecule has 2 heterocycles. The van der Waals surface area contributed by atoms with Gasteiger partial charge in [-0.3, -0.25) is 0 Å². The maximum Gasteiger partial charge on any atom is 0.105 e.